The Balaban J connectivity index is 1.55. The second kappa shape index (κ2) is 18.8. The molecule has 0 aliphatic carbocycles. The zero-order chi connectivity index (χ0) is 42.0. The third-order valence-corrected chi connectivity index (χ3v) is 12.7. The summed E-state index contributed by atoms with van der Waals surface area (Å²) in [4.78, 5) is 18.7. The van der Waals surface area contributed by atoms with Crippen LogP contribution in [-0.4, -0.2) is 148 Å². The van der Waals surface area contributed by atoms with E-state index < -0.39 is 78.2 Å². The summed E-state index contributed by atoms with van der Waals surface area (Å²) in [6, 6.07) is 11.4. The van der Waals surface area contributed by atoms with Crippen LogP contribution in [-0.2, 0) is 39.8 Å². The summed E-state index contributed by atoms with van der Waals surface area (Å²) in [6.07, 6.45) is -4.40. The second-order valence-electron chi connectivity index (χ2n) is 17.9. The molecule has 3 aliphatic rings. The van der Waals surface area contributed by atoms with Gasteiger partial charge in [-0.25, -0.2) is 0 Å². The van der Waals surface area contributed by atoms with E-state index >= 15 is 0 Å². The molecule has 57 heavy (non-hydrogen) atoms. The summed E-state index contributed by atoms with van der Waals surface area (Å²) in [5.41, 5.74) is -0.753. The molecule has 0 radical (unpaired) electrons. The van der Waals surface area contributed by atoms with Crippen LogP contribution < -0.4 is 0 Å². The molecule has 4 heterocycles. The first-order valence-corrected chi connectivity index (χ1v) is 20.6. The van der Waals surface area contributed by atoms with Crippen molar-refractivity contribution in [3.63, 3.8) is 0 Å². The van der Waals surface area contributed by atoms with Crippen molar-refractivity contribution in [3.05, 3.63) is 53.9 Å². The summed E-state index contributed by atoms with van der Waals surface area (Å²) in [5.74, 6) is -2.15. The van der Waals surface area contributed by atoms with Crippen LogP contribution in [0.5, 0.6) is 0 Å². The number of nitrogens with zero attached hydrogens (tertiary/aromatic N) is 4. The maximum Gasteiger partial charge on any atom is 0.312 e. The second-order valence-corrected chi connectivity index (χ2v) is 17.9. The number of ether oxygens (including phenoxy) is 6. The van der Waals surface area contributed by atoms with E-state index in [1.54, 1.807) is 34.8 Å². The van der Waals surface area contributed by atoms with Crippen molar-refractivity contribution in [2.24, 2.45) is 17.8 Å². The number of benzene rings is 1. The van der Waals surface area contributed by atoms with Crippen molar-refractivity contribution in [2.75, 3.05) is 34.8 Å². The first-order valence-electron chi connectivity index (χ1n) is 20.6. The highest BCUT2D eigenvalue weighted by molar-refractivity contribution is 5.73. The van der Waals surface area contributed by atoms with Crippen LogP contribution >= 0.6 is 0 Å². The summed E-state index contributed by atoms with van der Waals surface area (Å²) < 4.78 is 40.2. The number of carbonyl (C=O) groups excluding carboxylic acids is 1. The molecule has 3 aliphatic heterocycles. The van der Waals surface area contributed by atoms with E-state index in [2.05, 4.69) is 11.8 Å². The van der Waals surface area contributed by atoms with Gasteiger partial charge in [0.15, 0.2) is 18.7 Å². The van der Waals surface area contributed by atoms with Crippen molar-refractivity contribution in [3.8, 4) is 0 Å². The third kappa shape index (κ3) is 10.6. The quantitative estimate of drug-likeness (QED) is 0.313. The summed E-state index contributed by atoms with van der Waals surface area (Å²) >= 11 is 0. The molecule has 14 nitrogen and oxygen atoms in total. The molecule has 0 amide bonds. The Morgan fingerprint density at radius 2 is 1.67 bits per heavy atom. The van der Waals surface area contributed by atoms with Crippen LogP contribution in [0.2, 0.25) is 0 Å². The van der Waals surface area contributed by atoms with Crippen molar-refractivity contribution in [1.82, 2.24) is 19.6 Å². The van der Waals surface area contributed by atoms with Gasteiger partial charge in [-0.2, -0.15) is 5.10 Å². The first kappa shape index (κ1) is 45.6. The maximum atomic E-state index is 14.6. The molecule has 0 spiro atoms. The Hall–Kier alpha value is -2.50. The molecule has 3 N–H and O–H groups in total. The molecule has 5 rings (SSSR count). The summed E-state index contributed by atoms with van der Waals surface area (Å²) in [5, 5.41) is 40.1. The predicted molar refractivity (Wildman–Crippen MR) is 214 cm³/mol. The van der Waals surface area contributed by atoms with Crippen molar-refractivity contribution < 1.29 is 48.5 Å². The molecule has 16 atom stereocenters. The van der Waals surface area contributed by atoms with Crippen LogP contribution in [0.25, 0.3) is 0 Å². The zero-order valence-electron chi connectivity index (χ0n) is 36.1. The Kier molecular flexibility index (Phi) is 15.1. The number of aliphatic hydroxyl groups excluding tert-OH is 2. The number of aliphatic hydroxyl groups is 3. The van der Waals surface area contributed by atoms with Gasteiger partial charge < -0.3 is 48.6 Å². The number of hydrogen-bond acceptors (Lipinski definition) is 13. The minimum atomic E-state index is -1.48. The van der Waals surface area contributed by atoms with Gasteiger partial charge in [0, 0.05) is 44.3 Å². The molecule has 1 aromatic carbocycles. The Labute approximate surface area is 339 Å². The van der Waals surface area contributed by atoms with Gasteiger partial charge in [0.05, 0.1) is 48.1 Å². The van der Waals surface area contributed by atoms with E-state index in [4.69, 9.17) is 33.5 Å². The monoisotopic (exact) mass is 803 g/mol. The lowest BCUT2D eigenvalue weighted by atomic mass is 9.77. The van der Waals surface area contributed by atoms with E-state index in [1.807, 2.05) is 94.1 Å². The number of hydrogen-bond donors (Lipinski definition) is 3. The molecule has 3 fully saturated rings. The van der Waals surface area contributed by atoms with Gasteiger partial charge in [-0.05, 0) is 93.1 Å². The summed E-state index contributed by atoms with van der Waals surface area (Å²) in [7, 11) is 7.35. The van der Waals surface area contributed by atoms with Gasteiger partial charge in [0.25, 0.3) is 0 Å². The van der Waals surface area contributed by atoms with Crippen molar-refractivity contribution in [1.29, 1.82) is 0 Å². The Morgan fingerprint density at radius 3 is 2.32 bits per heavy atom. The molecule has 2 aromatic rings. The molecule has 14 heteroatoms. The molecule has 0 unspecified atom stereocenters. The SMILES string of the molecule is CO[C@]1(C)C[C@H](O[C@H]2[C@H](C)[C@@H](O[C@@H]3O[C@H](C)C[C@H](N(C)C)[C@H]3O)[C@@](C)(O)C[C@@H](C)CN(C)[C@@H](C)[C@H](c3ccn(Cc4ccccc4)n3)OC(=O)[C@@H]2C)O[C@@H](C)[C@@H]1O. The van der Waals surface area contributed by atoms with Gasteiger partial charge >= 0.3 is 5.97 Å². The van der Waals surface area contributed by atoms with E-state index in [-0.39, 0.29) is 30.5 Å². The molecular weight excluding hydrogens is 732 g/mol. The van der Waals surface area contributed by atoms with Gasteiger partial charge in [-0.15, -0.1) is 0 Å². The minimum Gasteiger partial charge on any atom is -0.454 e. The molecule has 0 saturated carbocycles. The third-order valence-electron chi connectivity index (χ3n) is 12.7. The minimum absolute atomic E-state index is 0.0487. The topological polar surface area (TPSA) is 157 Å². The van der Waals surface area contributed by atoms with E-state index in [0.717, 1.165) is 5.56 Å². The van der Waals surface area contributed by atoms with Gasteiger partial charge in [-0.3, -0.25) is 14.4 Å². The fourth-order valence-corrected chi connectivity index (χ4v) is 9.21. The predicted octanol–water partition coefficient (Wildman–Crippen LogP) is 4.00. The number of carbonyl (C=O) groups is 1. The molecule has 0 bridgehead atoms. The lowest BCUT2D eigenvalue weighted by molar-refractivity contribution is -0.317. The highest BCUT2D eigenvalue weighted by atomic mass is 16.7. The molecular formula is C43H70N4O10. The average molecular weight is 803 g/mol. The average Bonchev–Trinajstić information content (AvgIpc) is 3.61. The van der Waals surface area contributed by atoms with E-state index in [9.17, 15) is 20.1 Å². The number of likely N-dealkylation sites (N-methyl/N-ethyl adjacent to an activating group) is 2. The largest absolute Gasteiger partial charge is 0.454 e. The Bertz CT molecular complexity index is 1580. The fraction of sp³-hybridized carbons (Fsp3) is 0.767. The number of methoxy groups -OCH3 is 1. The standard InChI is InChI=1S/C43H70N4O10/c1-25-21-42(7,51)39(57-41-35(48)33(45(9)10)20-26(2)53-41)27(3)36(55-34-22-43(8,52-12)38(49)30(6)54-34)28(4)40(50)56-37(29(5)46(11)23-25)32-18-19-47(44-32)24-31-16-14-13-15-17-31/h13-19,25-30,33-39,41,48-49,51H,20-24H2,1-12H3/t25-,26-,27+,28-,29+,30+,33+,34+,35-,36+,37-,38+,39-,41+,42+,43-/m1/s1. The van der Waals surface area contributed by atoms with Crippen LogP contribution in [0.3, 0.4) is 0 Å². The molecule has 1 aromatic heterocycles. The van der Waals surface area contributed by atoms with Crippen LogP contribution in [0.1, 0.15) is 92.0 Å². The van der Waals surface area contributed by atoms with Crippen molar-refractivity contribution in [2.45, 2.75) is 160 Å². The highest BCUT2D eigenvalue weighted by Gasteiger charge is 2.52. The number of aromatic nitrogens is 2. The smallest absolute Gasteiger partial charge is 0.312 e. The number of esters is 1. The zero-order valence-corrected chi connectivity index (χ0v) is 36.1. The van der Waals surface area contributed by atoms with Gasteiger partial charge in [0.2, 0.25) is 0 Å². The normalized spacial score (nSPS) is 41.9. The van der Waals surface area contributed by atoms with Crippen LogP contribution in [0.4, 0.5) is 0 Å². The fourth-order valence-electron chi connectivity index (χ4n) is 9.21. The molecule has 322 valence electrons. The van der Waals surface area contributed by atoms with Gasteiger partial charge in [-0.1, -0.05) is 44.2 Å². The molecule has 3 saturated heterocycles. The lowest BCUT2D eigenvalue weighted by Crippen LogP contribution is -2.60. The number of rotatable bonds is 9. The highest BCUT2D eigenvalue weighted by Crippen LogP contribution is 2.40. The first-order chi connectivity index (χ1) is 26.7. The van der Waals surface area contributed by atoms with Crippen molar-refractivity contribution >= 4 is 5.97 Å². The summed E-state index contributed by atoms with van der Waals surface area (Å²) in [6.45, 7) is 16.1. The van der Waals surface area contributed by atoms with Gasteiger partial charge in [0.1, 0.15) is 17.9 Å². The maximum absolute atomic E-state index is 14.6. The number of cyclic esters (lactones) is 1. The Morgan fingerprint density at radius 1 is 0.982 bits per heavy atom. The van der Waals surface area contributed by atoms with Crippen LogP contribution in [0.15, 0.2) is 42.6 Å². The van der Waals surface area contributed by atoms with E-state index in [1.165, 1.54) is 0 Å². The lowest BCUT2D eigenvalue weighted by Gasteiger charge is -2.48. The van der Waals surface area contributed by atoms with Crippen LogP contribution in [0, 0.1) is 17.8 Å². The van der Waals surface area contributed by atoms with E-state index in [0.29, 0.717) is 31.6 Å².